The van der Waals surface area contributed by atoms with Crippen molar-refractivity contribution in [3.05, 3.63) is 29.6 Å². The lowest BCUT2D eigenvalue weighted by molar-refractivity contribution is 0.0173. The molecule has 1 saturated carbocycles. The molecule has 0 aromatic heterocycles. The van der Waals surface area contributed by atoms with Gasteiger partial charge in [-0.15, -0.1) is 0 Å². The summed E-state index contributed by atoms with van der Waals surface area (Å²) in [5.74, 6) is -0.951. The highest BCUT2D eigenvalue weighted by atomic mass is 32.2. The van der Waals surface area contributed by atoms with Gasteiger partial charge in [-0.2, -0.15) is 0 Å². The second-order valence-corrected chi connectivity index (χ2v) is 7.07. The van der Waals surface area contributed by atoms with Gasteiger partial charge in [-0.05, 0) is 49.8 Å². The van der Waals surface area contributed by atoms with Crippen LogP contribution in [0.25, 0.3) is 0 Å². The Hall–Kier alpha value is -1.47. The predicted octanol–water partition coefficient (Wildman–Crippen LogP) is 2.21. The fraction of sp³-hybridized carbons (Fsp3) is 0.500. The van der Waals surface area contributed by atoms with Crippen LogP contribution in [-0.4, -0.2) is 20.5 Å². The topological polar surface area (TPSA) is 86.5 Å². The van der Waals surface area contributed by atoms with Crippen molar-refractivity contribution < 1.29 is 22.3 Å². The zero-order valence-corrected chi connectivity index (χ0v) is 12.5. The van der Waals surface area contributed by atoms with E-state index >= 15 is 0 Å². The molecular formula is C14H18FNO4S. The van der Waals surface area contributed by atoms with Crippen LogP contribution in [0, 0.1) is 11.7 Å². The average Bonchev–Trinajstić information content (AvgIpc) is 2.39. The highest BCUT2D eigenvalue weighted by Gasteiger charge is 2.23. The van der Waals surface area contributed by atoms with Gasteiger partial charge in [0.2, 0.25) is 10.0 Å². The molecule has 0 bridgehead atoms. The predicted molar refractivity (Wildman–Crippen MR) is 74.6 cm³/mol. The monoisotopic (exact) mass is 315 g/mol. The molecule has 1 aromatic carbocycles. The molecule has 1 fully saturated rings. The van der Waals surface area contributed by atoms with Gasteiger partial charge < -0.3 is 4.74 Å². The van der Waals surface area contributed by atoms with Crippen molar-refractivity contribution in [2.75, 3.05) is 0 Å². The van der Waals surface area contributed by atoms with Gasteiger partial charge in [-0.1, -0.05) is 6.92 Å². The van der Waals surface area contributed by atoms with Crippen LogP contribution in [0.5, 0.6) is 0 Å². The summed E-state index contributed by atoms with van der Waals surface area (Å²) >= 11 is 0. The van der Waals surface area contributed by atoms with E-state index in [1.54, 1.807) is 0 Å². The molecule has 2 rings (SSSR count). The molecule has 0 amide bonds. The van der Waals surface area contributed by atoms with E-state index in [4.69, 9.17) is 9.88 Å². The summed E-state index contributed by atoms with van der Waals surface area (Å²) < 4.78 is 41.2. The van der Waals surface area contributed by atoms with Crippen LogP contribution in [0.1, 0.15) is 43.0 Å². The van der Waals surface area contributed by atoms with Crippen molar-refractivity contribution in [2.24, 2.45) is 11.1 Å². The number of carbonyl (C=O) groups excluding carboxylic acids is 1. The van der Waals surface area contributed by atoms with E-state index in [0.29, 0.717) is 5.92 Å². The van der Waals surface area contributed by atoms with Crippen LogP contribution < -0.4 is 5.14 Å². The third-order valence-corrected chi connectivity index (χ3v) is 4.56. The summed E-state index contributed by atoms with van der Waals surface area (Å²) in [6.45, 7) is 2.14. The van der Waals surface area contributed by atoms with Crippen molar-refractivity contribution in [1.82, 2.24) is 0 Å². The number of rotatable bonds is 3. The first-order valence-corrected chi connectivity index (χ1v) is 8.34. The van der Waals surface area contributed by atoms with Crippen molar-refractivity contribution in [3.63, 3.8) is 0 Å². The maximum atomic E-state index is 13.4. The first-order chi connectivity index (χ1) is 9.75. The molecular weight excluding hydrogens is 297 g/mol. The zero-order chi connectivity index (χ0) is 15.6. The van der Waals surface area contributed by atoms with Crippen LogP contribution in [-0.2, 0) is 14.8 Å². The van der Waals surface area contributed by atoms with E-state index in [-0.39, 0.29) is 11.7 Å². The molecule has 116 valence electrons. The third kappa shape index (κ3) is 4.25. The number of ether oxygens (including phenoxy) is 1. The second-order valence-electron chi connectivity index (χ2n) is 5.51. The Morgan fingerprint density at radius 1 is 1.24 bits per heavy atom. The normalized spacial score (nSPS) is 22.8. The summed E-state index contributed by atoms with van der Waals surface area (Å²) in [7, 11) is -4.07. The molecule has 7 heteroatoms. The average molecular weight is 315 g/mol. The smallest absolute Gasteiger partial charge is 0.338 e. The summed E-state index contributed by atoms with van der Waals surface area (Å²) in [6, 6.07) is 2.75. The maximum Gasteiger partial charge on any atom is 0.338 e. The van der Waals surface area contributed by atoms with E-state index in [1.165, 1.54) is 0 Å². The van der Waals surface area contributed by atoms with Gasteiger partial charge in [-0.3, -0.25) is 0 Å². The minimum atomic E-state index is -4.07. The molecule has 1 aliphatic carbocycles. The number of sulfonamides is 1. The molecule has 1 aliphatic rings. The van der Waals surface area contributed by atoms with Gasteiger partial charge in [-0.25, -0.2) is 22.7 Å². The van der Waals surface area contributed by atoms with E-state index in [1.807, 2.05) is 0 Å². The summed E-state index contributed by atoms with van der Waals surface area (Å²) in [5.41, 5.74) is -0.141. The number of hydrogen-bond acceptors (Lipinski definition) is 4. The molecule has 0 atom stereocenters. The van der Waals surface area contributed by atoms with E-state index in [2.05, 4.69) is 6.92 Å². The Labute approximate surface area is 123 Å². The minimum absolute atomic E-state index is 0.141. The van der Waals surface area contributed by atoms with Crippen molar-refractivity contribution in [3.8, 4) is 0 Å². The lowest BCUT2D eigenvalue weighted by Gasteiger charge is -2.26. The van der Waals surface area contributed by atoms with E-state index in [0.717, 1.165) is 43.9 Å². The number of halogens is 1. The lowest BCUT2D eigenvalue weighted by atomic mass is 9.89. The molecule has 0 saturated heterocycles. The van der Waals surface area contributed by atoms with Gasteiger partial charge >= 0.3 is 5.97 Å². The zero-order valence-electron chi connectivity index (χ0n) is 11.7. The molecule has 1 aromatic rings. The van der Waals surface area contributed by atoms with Crippen LogP contribution in [0.2, 0.25) is 0 Å². The molecule has 0 aliphatic heterocycles. The Morgan fingerprint density at radius 2 is 1.86 bits per heavy atom. The van der Waals surface area contributed by atoms with Crippen molar-refractivity contribution >= 4 is 16.0 Å². The Kier molecular flexibility index (Phi) is 4.63. The summed E-state index contributed by atoms with van der Waals surface area (Å²) in [4.78, 5) is 11.6. The van der Waals surface area contributed by atoms with E-state index in [9.17, 15) is 17.6 Å². The van der Waals surface area contributed by atoms with Gasteiger partial charge in [0.1, 0.15) is 11.9 Å². The number of primary sulfonamides is 1. The molecule has 0 radical (unpaired) electrons. The molecule has 21 heavy (non-hydrogen) atoms. The van der Waals surface area contributed by atoms with Gasteiger partial charge in [0.15, 0.2) is 0 Å². The number of benzene rings is 1. The minimum Gasteiger partial charge on any atom is -0.459 e. The summed E-state index contributed by atoms with van der Waals surface area (Å²) in [6.07, 6.45) is 3.29. The van der Waals surface area contributed by atoms with Crippen molar-refractivity contribution in [1.29, 1.82) is 0 Å². The largest absolute Gasteiger partial charge is 0.459 e. The molecule has 0 unspecified atom stereocenters. The number of hydrogen-bond donors (Lipinski definition) is 1. The maximum absolute atomic E-state index is 13.4. The summed E-state index contributed by atoms with van der Waals surface area (Å²) in [5, 5.41) is 4.95. The SMILES string of the molecule is CC1CCC(OC(=O)c2cc(F)cc(S(N)(=O)=O)c2)CC1. The van der Waals surface area contributed by atoms with E-state index < -0.39 is 26.7 Å². The van der Waals surface area contributed by atoms with Crippen LogP contribution >= 0.6 is 0 Å². The van der Waals surface area contributed by atoms with Gasteiger partial charge in [0.25, 0.3) is 0 Å². The molecule has 0 heterocycles. The Bertz CT molecular complexity index is 636. The number of carbonyl (C=O) groups is 1. The molecule has 2 N–H and O–H groups in total. The standard InChI is InChI=1S/C14H18FNO4S/c1-9-2-4-12(5-3-9)20-14(17)10-6-11(15)8-13(7-10)21(16,18)19/h6-9,12H,2-5H2,1H3,(H2,16,18,19). The fourth-order valence-corrected chi connectivity index (χ4v) is 2.98. The first-order valence-electron chi connectivity index (χ1n) is 6.80. The molecule has 0 spiro atoms. The number of esters is 1. The highest BCUT2D eigenvalue weighted by molar-refractivity contribution is 7.89. The van der Waals surface area contributed by atoms with Crippen molar-refractivity contribution in [2.45, 2.75) is 43.6 Å². The third-order valence-electron chi connectivity index (χ3n) is 3.67. The fourth-order valence-electron chi connectivity index (χ4n) is 2.41. The molecule has 5 nitrogen and oxygen atoms in total. The van der Waals surface area contributed by atoms with Crippen LogP contribution in [0.15, 0.2) is 23.1 Å². The van der Waals surface area contributed by atoms with Crippen LogP contribution in [0.4, 0.5) is 4.39 Å². The highest BCUT2D eigenvalue weighted by Crippen LogP contribution is 2.26. The lowest BCUT2D eigenvalue weighted by Crippen LogP contribution is -2.24. The Balaban J connectivity index is 2.14. The second kappa shape index (κ2) is 6.11. The quantitative estimate of drug-likeness (QED) is 0.866. The van der Waals surface area contributed by atoms with Gasteiger partial charge in [0.05, 0.1) is 10.5 Å². The van der Waals surface area contributed by atoms with Gasteiger partial charge in [0, 0.05) is 0 Å². The van der Waals surface area contributed by atoms with Crippen LogP contribution in [0.3, 0.4) is 0 Å². The Morgan fingerprint density at radius 3 is 2.43 bits per heavy atom. The number of nitrogens with two attached hydrogens (primary N) is 1. The first kappa shape index (κ1) is 15.9.